The Labute approximate surface area is 155 Å². The SMILES string of the molecule is Cc1ccc(CCCNC(=S)Nc2ccc(Cl)c(C(F)(F)F)c2)cc1. The van der Waals surface area contributed by atoms with Crippen LogP contribution < -0.4 is 10.6 Å². The van der Waals surface area contributed by atoms with Crippen LogP contribution in [0.4, 0.5) is 18.9 Å². The Bertz CT molecular complexity index is 730. The highest BCUT2D eigenvalue weighted by molar-refractivity contribution is 7.80. The second-order valence-electron chi connectivity index (χ2n) is 5.66. The molecule has 0 radical (unpaired) electrons. The average molecular weight is 387 g/mol. The molecule has 0 saturated carbocycles. The minimum absolute atomic E-state index is 0.243. The molecule has 0 fully saturated rings. The largest absolute Gasteiger partial charge is 0.417 e. The standard InChI is InChI=1S/C18H18ClF3N2S/c1-12-4-6-13(7-5-12)3-2-10-23-17(25)24-14-8-9-16(19)15(11-14)18(20,21)22/h4-9,11H,2-3,10H2,1H3,(H2,23,24,25). The van der Waals surface area contributed by atoms with Gasteiger partial charge in [-0.2, -0.15) is 13.2 Å². The van der Waals surface area contributed by atoms with Gasteiger partial charge in [0, 0.05) is 12.2 Å². The second kappa shape index (κ2) is 8.54. The molecule has 0 saturated heterocycles. The molecule has 2 rings (SSSR count). The molecule has 0 unspecified atom stereocenters. The van der Waals surface area contributed by atoms with Crippen molar-refractivity contribution in [3.8, 4) is 0 Å². The highest BCUT2D eigenvalue weighted by Gasteiger charge is 2.33. The molecule has 0 spiro atoms. The summed E-state index contributed by atoms with van der Waals surface area (Å²) in [4.78, 5) is 0. The van der Waals surface area contributed by atoms with E-state index in [-0.39, 0.29) is 15.8 Å². The van der Waals surface area contributed by atoms with Gasteiger partial charge in [-0.25, -0.2) is 0 Å². The third-order valence-corrected chi connectivity index (χ3v) is 4.15. The van der Waals surface area contributed by atoms with E-state index in [0.717, 1.165) is 18.9 Å². The first-order valence-electron chi connectivity index (χ1n) is 7.73. The molecule has 25 heavy (non-hydrogen) atoms. The molecule has 0 aliphatic rings. The molecular weight excluding hydrogens is 369 g/mol. The number of nitrogens with one attached hydrogen (secondary N) is 2. The summed E-state index contributed by atoms with van der Waals surface area (Å²) in [5.74, 6) is 0. The fourth-order valence-corrected chi connectivity index (χ4v) is 2.69. The van der Waals surface area contributed by atoms with Crippen LogP contribution in [0.1, 0.15) is 23.1 Å². The van der Waals surface area contributed by atoms with Crippen LogP contribution in [-0.2, 0) is 12.6 Å². The van der Waals surface area contributed by atoms with Crippen molar-refractivity contribution in [2.75, 3.05) is 11.9 Å². The van der Waals surface area contributed by atoms with Crippen LogP contribution in [0.25, 0.3) is 0 Å². The quantitative estimate of drug-likeness (QED) is 0.517. The summed E-state index contributed by atoms with van der Waals surface area (Å²) in [6.45, 7) is 2.66. The fourth-order valence-electron chi connectivity index (χ4n) is 2.24. The zero-order valence-corrected chi connectivity index (χ0v) is 15.2. The number of thiocarbonyl (C=S) groups is 1. The molecule has 0 aromatic heterocycles. The predicted octanol–water partition coefficient (Wildman–Crippen LogP) is 5.59. The number of rotatable bonds is 5. The van der Waals surface area contributed by atoms with Gasteiger partial charge in [-0.15, -0.1) is 0 Å². The van der Waals surface area contributed by atoms with E-state index in [1.807, 2.05) is 6.92 Å². The Morgan fingerprint density at radius 2 is 1.80 bits per heavy atom. The van der Waals surface area contributed by atoms with Crippen molar-refractivity contribution >= 4 is 34.6 Å². The number of halogens is 4. The lowest BCUT2D eigenvalue weighted by Gasteiger charge is -2.14. The van der Waals surface area contributed by atoms with Crippen molar-refractivity contribution in [2.24, 2.45) is 0 Å². The monoisotopic (exact) mass is 386 g/mol. The van der Waals surface area contributed by atoms with Gasteiger partial charge in [-0.3, -0.25) is 0 Å². The summed E-state index contributed by atoms with van der Waals surface area (Å²) in [5.41, 5.74) is 1.81. The van der Waals surface area contributed by atoms with E-state index in [4.69, 9.17) is 23.8 Å². The van der Waals surface area contributed by atoms with Crippen LogP contribution in [-0.4, -0.2) is 11.7 Å². The summed E-state index contributed by atoms with van der Waals surface area (Å²) in [7, 11) is 0. The van der Waals surface area contributed by atoms with Gasteiger partial charge in [-0.05, 0) is 55.7 Å². The molecule has 0 aliphatic heterocycles. The molecule has 2 nitrogen and oxygen atoms in total. The molecule has 0 heterocycles. The molecule has 134 valence electrons. The van der Waals surface area contributed by atoms with Gasteiger partial charge in [0.25, 0.3) is 0 Å². The van der Waals surface area contributed by atoms with Crippen LogP contribution in [0.2, 0.25) is 5.02 Å². The smallest absolute Gasteiger partial charge is 0.362 e. The van der Waals surface area contributed by atoms with Crippen molar-refractivity contribution in [3.05, 3.63) is 64.2 Å². The van der Waals surface area contributed by atoms with E-state index in [2.05, 4.69) is 34.9 Å². The van der Waals surface area contributed by atoms with Crippen LogP contribution in [0, 0.1) is 6.92 Å². The molecule has 2 aromatic rings. The van der Waals surface area contributed by atoms with E-state index < -0.39 is 11.7 Å². The second-order valence-corrected chi connectivity index (χ2v) is 6.48. The normalized spacial score (nSPS) is 11.2. The van der Waals surface area contributed by atoms with Crippen molar-refractivity contribution in [1.29, 1.82) is 0 Å². The maximum Gasteiger partial charge on any atom is 0.417 e. The Morgan fingerprint density at radius 3 is 2.44 bits per heavy atom. The van der Waals surface area contributed by atoms with Crippen molar-refractivity contribution in [3.63, 3.8) is 0 Å². The summed E-state index contributed by atoms with van der Waals surface area (Å²) in [6, 6.07) is 11.9. The van der Waals surface area contributed by atoms with Crippen LogP contribution >= 0.6 is 23.8 Å². The van der Waals surface area contributed by atoms with Crippen LogP contribution in [0.15, 0.2) is 42.5 Å². The lowest BCUT2D eigenvalue weighted by Crippen LogP contribution is -2.29. The Kier molecular flexibility index (Phi) is 6.67. The maximum absolute atomic E-state index is 12.8. The zero-order chi connectivity index (χ0) is 18.4. The molecule has 0 atom stereocenters. The van der Waals surface area contributed by atoms with Gasteiger partial charge in [-0.1, -0.05) is 41.4 Å². The third-order valence-electron chi connectivity index (χ3n) is 3.58. The third kappa shape index (κ3) is 6.21. The highest BCUT2D eigenvalue weighted by Crippen LogP contribution is 2.36. The minimum Gasteiger partial charge on any atom is -0.362 e. The number of alkyl halides is 3. The molecular formula is C18H18ClF3N2S. The van der Waals surface area contributed by atoms with E-state index in [1.165, 1.54) is 23.3 Å². The Morgan fingerprint density at radius 1 is 1.12 bits per heavy atom. The summed E-state index contributed by atoms with van der Waals surface area (Å²) in [6.07, 6.45) is -2.74. The Hall–Kier alpha value is -1.79. The van der Waals surface area contributed by atoms with Gasteiger partial charge in [0.05, 0.1) is 10.6 Å². The summed E-state index contributed by atoms with van der Waals surface area (Å²) >= 11 is 10.7. The van der Waals surface area contributed by atoms with Gasteiger partial charge in [0.2, 0.25) is 0 Å². The van der Waals surface area contributed by atoms with Crippen LogP contribution in [0.5, 0.6) is 0 Å². The van der Waals surface area contributed by atoms with Crippen LogP contribution in [0.3, 0.4) is 0 Å². The summed E-state index contributed by atoms with van der Waals surface area (Å²) < 4.78 is 38.5. The first-order chi connectivity index (χ1) is 11.8. The topological polar surface area (TPSA) is 24.1 Å². The minimum atomic E-state index is -4.50. The van der Waals surface area contributed by atoms with Gasteiger partial charge >= 0.3 is 6.18 Å². The van der Waals surface area contributed by atoms with E-state index in [0.29, 0.717) is 6.54 Å². The number of benzene rings is 2. The van der Waals surface area contributed by atoms with Crippen molar-refractivity contribution in [1.82, 2.24) is 5.32 Å². The molecule has 2 N–H and O–H groups in total. The first kappa shape index (κ1) is 19.5. The predicted molar refractivity (Wildman–Crippen MR) is 100 cm³/mol. The lowest BCUT2D eigenvalue weighted by molar-refractivity contribution is -0.137. The van der Waals surface area contributed by atoms with Gasteiger partial charge < -0.3 is 10.6 Å². The average Bonchev–Trinajstić information content (AvgIpc) is 2.54. The highest BCUT2D eigenvalue weighted by atomic mass is 35.5. The first-order valence-corrected chi connectivity index (χ1v) is 8.51. The summed E-state index contributed by atoms with van der Waals surface area (Å²) in [5, 5.41) is 5.68. The lowest BCUT2D eigenvalue weighted by atomic mass is 10.1. The number of anilines is 1. The molecule has 7 heteroatoms. The number of hydrogen-bond acceptors (Lipinski definition) is 1. The van der Waals surface area contributed by atoms with Crippen molar-refractivity contribution in [2.45, 2.75) is 25.9 Å². The zero-order valence-electron chi connectivity index (χ0n) is 13.6. The van der Waals surface area contributed by atoms with Crippen molar-refractivity contribution < 1.29 is 13.2 Å². The van der Waals surface area contributed by atoms with E-state index in [9.17, 15) is 13.2 Å². The molecule has 2 aromatic carbocycles. The van der Waals surface area contributed by atoms with Gasteiger partial charge in [0.15, 0.2) is 5.11 Å². The number of aryl methyl sites for hydroxylation is 2. The van der Waals surface area contributed by atoms with E-state index >= 15 is 0 Å². The van der Waals surface area contributed by atoms with Gasteiger partial charge in [0.1, 0.15) is 0 Å². The molecule has 0 amide bonds. The fraction of sp³-hybridized carbons (Fsp3) is 0.278. The molecule has 0 aliphatic carbocycles. The maximum atomic E-state index is 12.8. The number of hydrogen-bond donors (Lipinski definition) is 2. The van der Waals surface area contributed by atoms with E-state index in [1.54, 1.807) is 0 Å². The Balaban J connectivity index is 1.81. The molecule has 0 bridgehead atoms.